The van der Waals surface area contributed by atoms with Gasteiger partial charge in [-0.25, -0.2) is 4.79 Å². The maximum absolute atomic E-state index is 12.5. The van der Waals surface area contributed by atoms with Crippen molar-refractivity contribution < 1.29 is 9.53 Å². The summed E-state index contributed by atoms with van der Waals surface area (Å²) < 4.78 is 5.51. The number of thioether (sulfide) groups is 1. The molecule has 2 atom stereocenters. The molecule has 1 fully saturated rings. The van der Waals surface area contributed by atoms with E-state index < -0.39 is 0 Å². The van der Waals surface area contributed by atoms with Gasteiger partial charge in [-0.05, 0) is 50.6 Å². The molecule has 5 heteroatoms. The lowest BCUT2D eigenvalue weighted by Gasteiger charge is -2.32. The topological polar surface area (TPSA) is 41.6 Å². The van der Waals surface area contributed by atoms with Crippen molar-refractivity contribution in [3.05, 3.63) is 29.8 Å². The lowest BCUT2D eigenvalue weighted by Crippen LogP contribution is -2.43. The Labute approximate surface area is 144 Å². The summed E-state index contributed by atoms with van der Waals surface area (Å²) in [6.45, 7) is 7.29. The van der Waals surface area contributed by atoms with Crippen molar-refractivity contribution in [2.45, 2.75) is 31.9 Å². The first-order chi connectivity index (χ1) is 11.1. The Morgan fingerprint density at radius 2 is 2.35 bits per heavy atom. The van der Waals surface area contributed by atoms with Crippen molar-refractivity contribution >= 4 is 23.5 Å². The molecule has 0 bridgehead atoms. The average molecular weight is 337 g/mol. The highest BCUT2D eigenvalue weighted by molar-refractivity contribution is 7.98. The third kappa shape index (κ3) is 5.43. The summed E-state index contributed by atoms with van der Waals surface area (Å²) >= 11 is 1.80. The van der Waals surface area contributed by atoms with Gasteiger partial charge in [0.15, 0.2) is 0 Å². The lowest BCUT2D eigenvalue weighted by atomic mass is 9.99. The van der Waals surface area contributed by atoms with Crippen molar-refractivity contribution in [2.75, 3.05) is 37.9 Å². The summed E-state index contributed by atoms with van der Waals surface area (Å²) in [6.07, 6.45) is 4.29. The van der Waals surface area contributed by atoms with Crippen molar-refractivity contribution in [2.24, 2.45) is 5.92 Å². The van der Waals surface area contributed by atoms with Crippen LogP contribution in [0, 0.1) is 5.92 Å². The van der Waals surface area contributed by atoms with Crippen molar-refractivity contribution in [1.82, 2.24) is 4.90 Å². The quantitative estimate of drug-likeness (QED) is 0.837. The Hall–Kier alpha value is -1.20. The van der Waals surface area contributed by atoms with E-state index in [0.29, 0.717) is 11.2 Å². The largest absolute Gasteiger partial charge is 0.381 e. The summed E-state index contributed by atoms with van der Waals surface area (Å²) in [5.41, 5.74) is 2.11. The van der Waals surface area contributed by atoms with Crippen molar-refractivity contribution in [3.8, 4) is 0 Å². The van der Waals surface area contributed by atoms with Crippen LogP contribution in [0.25, 0.3) is 0 Å². The van der Waals surface area contributed by atoms with Crippen LogP contribution in [0.5, 0.6) is 0 Å². The molecule has 0 saturated carbocycles. The minimum atomic E-state index is 0.000142. The molecular formula is C18H28N2O2S. The molecule has 0 unspecified atom stereocenters. The third-order valence-corrected chi connectivity index (χ3v) is 5.30. The number of amides is 2. The zero-order valence-electron chi connectivity index (χ0n) is 14.4. The van der Waals surface area contributed by atoms with Crippen LogP contribution in [0.1, 0.15) is 37.5 Å². The van der Waals surface area contributed by atoms with Crippen molar-refractivity contribution in [1.29, 1.82) is 0 Å². The van der Waals surface area contributed by atoms with Gasteiger partial charge in [0.1, 0.15) is 0 Å². The summed E-state index contributed by atoms with van der Waals surface area (Å²) in [7, 11) is 0. The number of hydrogen-bond acceptors (Lipinski definition) is 3. The molecular weight excluding hydrogens is 308 g/mol. The van der Waals surface area contributed by atoms with Crippen LogP contribution in [-0.2, 0) is 4.74 Å². The number of hydrogen-bond donors (Lipinski definition) is 1. The number of anilines is 1. The Morgan fingerprint density at radius 1 is 1.52 bits per heavy atom. The number of likely N-dealkylation sites (tertiary alicyclic amines) is 1. The van der Waals surface area contributed by atoms with E-state index in [0.717, 1.165) is 44.8 Å². The van der Waals surface area contributed by atoms with Crippen LogP contribution in [0.15, 0.2) is 24.3 Å². The standard InChI is InChI=1S/C18H28N2O2S/c1-4-22-13-15-7-6-10-20(12-15)18(21)19-17-9-5-8-16(11-17)14(2)23-3/h5,8-9,11,14-15H,4,6-7,10,12-13H2,1-3H3,(H,19,21)/t14-,15+/m1/s1. The zero-order chi connectivity index (χ0) is 16.7. The van der Waals surface area contributed by atoms with E-state index in [9.17, 15) is 4.79 Å². The predicted octanol–water partition coefficient (Wildman–Crippen LogP) is 4.39. The van der Waals surface area contributed by atoms with Crippen molar-refractivity contribution in [3.63, 3.8) is 0 Å². The monoisotopic (exact) mass is 336 g/mol. The first kappa shape index (κ1) is 18.1. The summed E-state index contributed by atoms with van der Waals surface area (Å²) in [5, 5.41) is 3.47. The molecule has 0 spiro atoms. The fourth-order valence-electron chi connectivity index (χ4n) is 2.88. The highest BCUT2D eigenvalue weighted by atomic mass is 32.2. The number of benzene rings is 1. The molecule has 1 aromatic rings. The highest BCUT2D eigenvalue weighted by Crippen LogP contribution is 2.27. The van der Waals surface area contributed by atoms with Gasteiger partial charge >= 0.3 is 6.03 Å². The van der Waals surface area contributed by atoms with Gasteiger partial charge < -0.3 is 15.0 Å². The smallest absolute Gasteiger partial charge is 0.321 e. The molecule has 1 aromatic carbocycles. The number of urea groups is 1. The molecule has 1 aliphatic heterocycles. The number of piperidine rings is 1. The fourth-order valence-corrected chi connectivity index (χ4v) is 3.30. The molecule has 4 nitrogen and oxygen atoms in total. The van der Waals surface area contributed by atoms with Crippen LogP contribution >= 0.6 is 11.8 Å². The van der Waals surface area contributed by atoms with Gasteiger partial charge in [0.2, 0.25) is 0 Å². The molecule has 2 amide bonds. The number of rotatable bonds is 6. The molecule has 1 N–H and O–H groups in total. The van der Waals surface area contributed by atoms with Gasteiger partial charge in [-0.15, -0.1) is 0 Å². The number of carbonyl (C=O) groups excluding carboxylic acids is 1. The molecule has 2 rings (SSSR count). The van der Waals surface area contributed by atoms with Crippen LogP contribution in [0.2, 0.25) is 0 Å². The van der Waals surface area contributed by atoms with Gasteiger partial charge in [0.25, 0.3) is 0 Å². The number of nitrogens with zero attached hydrogens (tertiary/aromatic N) is 1. The van der Waals surface area contributed by atoms with E-state index in [1.54, 1.807) is 11.8 Å². The van der Waals surface area contributed by atoms with E-state index in [1.807, 2.05) is 24.0 Å². The summed E-state index contributed by atoms with van der Waals surface area (Å²) in [5.74, 6) is 0.456. The van der Waals surface area contributed by atoms with Crippen LogP contribution < -0.4 is 5.32 Å². The Kier molecular flexibility index (Phi) is 7.24. The maximum atomic E-state index is 12.5. The van der Waals surface area contributed by atoms with Crippen LogP contribution in [-0.4, -0.2) is 43.5 Å². The Bertz CT molecular complexity index is 510. The van der Waals surface area contributed by atoms with E-state index in [-0.39, 0.29) is 6.03 Å². The fraction of sp³-hybridized carbons (Fsp3) is 0.611. The second kappa shape index (κ2) is 9.18. The Morgan fingerprint density at radius 3 is 3.09 bits per heavy atom. The summed E-state index contributed by atoms with van der Waals surface area (Å²) in [4.78, 5) is 14.4. The minimum absolute atomic E-state index is 0.000142. The van der Waals surface area contributed by atoms with E-state index >= 15 is 0 Å². The molecule has 1 saturated heterocycles. The molecule has 0 radical (unpaired) electrons. The average Bonchev–Trinajstić information content (AvgIpc) is 2.59. The third-order valence-electron chi connectivity index (χ3n) is 4.32. The predicted molar refractivity (Wildman–Crippen MR) is 98.2 cm³/mol. The number of nitrogens with one attached hydrogen (secondary N) is 1. The van der Waals surface area contributed by atoms with Gasteiger partial charge in [0, 0.05) is 36.6 Å². The first-order valence-electron chi connectivity index (χ1n) is 8.40. The number of ether oxygens (including phenoxy) is 1. The highest BCUT2D eigenvalue weighted by Gasteiger charge is 2.23. The lowest BCUT2D eigenvalue weighted by molar-refractivity contribution is 0.0777. The first-order valence-corrected chi connectivity index (χ1v) is 9.69. The molecule has 1 heterocycles. The van der Waals surface area contributed by atoms with Gasteiger partial charge in [-0.2, -0.15) is 11.8 Å². The zero-order valence-corrected chi connectivity index (χ0v) is 15.2. The molecule has 23 heavy (non-hydrogen) atoms. The van der Waals surface area contributed by atoms with Gasteiger partial charge in [-0.3, -0.25) is 0 Å². The second-order valence-corrected chi connectivity index (χ2v) is 7.23. The molecule has 1 aliphatic rings. The Balaban J connectivity index is 1.93. The normalized spacial score (nSPS) is 19.4. The second-order valence-electron chi connectivity index (χ2n) is 6.05. The van der Waals surface area contributed by atoms with Crippen LogP contribution in [0.3, 0.4) is 0 Å². The van der Waals surface area contributed by atoms with E-state index in [1.165, 1.54) is 5.56 Å². The molecule has 0 aliphatic carbocycles. The van der Waals surface area contributed by atoms with Gasteiger partial charge in [0.05, 0.1) is 6.61 Å². The number of carbonyl (C=O) groups is 1. The minimum Gasteiger partial charge on any atom is -0.381 e. The van der Waals surface area contributed by atoms with E-state index in [2.05, 4.69) is 30.6 Å². The maximum Gasteiger partial charge on any atom is 0.321 e. The molecule has 0 aromatic heterocycles. The SMILES string of the molecule is CCOC[C@H]1CCCN(C(=O)Nc2cccc([C@@H](C)SC)c2)C1. The van der Waals surface area contributed by atoms with Gasteiger partial charge in [-0.1, -0.05) is 12.1 Å². The van der Waals surface area contributed by atoms with Crippen LogP contribution in [0.4, 0.5) is 10.5 Å². The summed E-state index contributed by atoms with van der Waals surface area (Å²) in [6, 6.07) is 8.14. The molecule has 128 valence electrons. The van der Waals surface area contributed by atoms with E-state index in [4.69, 9.17) is 4.74 Å².